The number of carbonyl (C=O) groups excluding carboxylic acids is 1. The number of ether oxygens (including phenoxy) is 2. The normalized spacial score (nSPS) is 11.8. The van der Waals surface area contributed by atoms with Gasteiger partial charge in [0.25, 0.3) is 11.5 Å². The van der Waals surface area contributed by atoms with E-state index < -0.39 is 11.9 Å². The number of rotatable bonds is 11. The minimum absolute atomic E-state index is 0.115. The molecule has 4 rings (SSSR count). The highest BCUT2D eigenvalue weighted by Gasteiger charge is 2.31. The van der Waals surface area contributed by atoms with Crippen LogP contribution in [0.25, 0.3) is 16.6 Å². The number of carbonyl (C=O) groups is 1. The number of methoxy groups -OCH3 is 2. The van der Waals surface area contributed by atoms with Gasteiger partial charge in [-0.25, -0.2) is 9.37 Å². The van der Waals surface area contributed by atoms with Gasteiger partial charge in [0.05, 0.1) is 47.4 Å². The van der Waals surface area contributed by atoms with Crippen LogP contribution >= 0.6 is 11.6 Å². The first-order valence-electron chi connectivity index (χ1n) is 13.3. The predicted octanol–water partition coefficient (Wildman–Crippen LogP) is 6.98. The van der Waals surface area contributed by atoms with Crippen molar-refractivity contribution in [2.45, 2.75) is 45.6 Å². The third-order valence-corrected chi connectivity index (χ3v) is 7.22. The standard InChI is InChI=1S/C31H33ClFN3O4/c1-5-7-10-17-35(30(37)23-15-14-21(39-3)19-28(23)40-4)27(6-2)29-34-26-12-9-8-11-22(26)31(38)36(29)20-13-16-25(33)24(32)18-20/h8-9,11-16,18-19,27H,5-7,10,17H2,1-4H3. The fraction of sp³-hybridized carbons (Fsp3) is 0.323. The lowest BCUT2D eigenvalue weighted by Gasteiger charge is -2.33. The maximum absolute atomic E-state index is 14.2. The van der Waals surface area contributed by atoms with Crippen molar-refractivity contribution >= 4 is 28.4 Å². The van der Waals surface area contributed by atoms with Crippen molar-refractivity contribution in [1.82, 2.24) is 14.5 Å². The molecule has 9 heteroatoms. The number of benzene rings is 3. The summed E-state index contributed by atoms with van der Waals surface area (Å²) in [5.74, 6) is 0.466. The number of nitrogens with zero attached hydrogens (tertiary/aromatic N) is 3. The van der Waals surface area contributed by atoms with E-state index in [1.807, 2.05) is 13.0 Å². The quantitative estimate of drug-likeness (QED) is 0.183. The van der Waals surface area contributed by atoms with E-state index >= 15 is 0 Å². The van der Waals surface area contributed by atoms with Crippen LogP contribution in [-0.4, -0.2) is 41.1 Å². The van der Waals surface area contributed by atoms with Gasteiger partial charge >= 0.3 is 0 Å². The molecule has 0 saturated heterocycles. The van der Waals surface area contributed by atoms with Crippen molar-refractivity contribution < 1.29 is 18.7 Å². The monoisotopic (exact) mass is 565 g/mol. The zero-order chi connectivity index (χ0) is 28.8. The van der Waals surface area contributed by atoms with E-state index in [1.165, 1.54) is 29.9 Å². The number of amides is 1. The number of halogens is 2. The van der Waals surface area contributed by atoms with Crippen molar-refractivity contribution in [3.8, 4) is 17.2 Å². The number of aromatic nitrogens is 2. The second kappa shape index (κ2) is 13.0. The maximum Gasteiger partial charge on any atom is 0.266 e. The van der Waals surface area contributed by atoms with E-state index in [-0.39, 0.29) is 16.5 Å². The van der Waals surface area contributed by atoms with Gasteiger partial charge in [-0.3, -0.25) is 14.2 Å². The Hall–Kier alpha value is -3.91. The molecule has 0 radical (unpaired) electrons. The summed E-state index contributed by atoms with van der Waals surface area (Å²) in [7, 11) is 3.05. The molecule has 0 spiro atoms. The molecule has 0 fully saturated rings. The highest BCUT2D eigenvalue weighted by Crippen LogP contribution is 2.32. The second-order valence-corrected chi connectivity index (χ2v) is 9.83. The zero-order valence-corrected chi connectivity index (χ0v) is 23.9. The Bertz CT molecular complexity index is 1570. The molecule has 1 amide bonds. The molecule has 0 bridgehead atoms. The van der Waals surface area contributed by atoms with Gasteiger partial charge in [-0.05, 0) is 55.3 Å². The molecule has 4 aromatic rings. The number of unbranched alkanes of at least 4 members (excludes halogenated alkanes) is 2. The molecule has 210 valence electrons. The number of hydrogen-bond acceptors (Lipinski definition) is 5. The van der Waals surface area contributed by atoms with Crippen LogP contribution in [0, 0.1) is 5.82 Å². The van der Waals surface area contributed by atoms with E-state index in [0.717, 1.165) is 19.3 Å². The number of fused-ring (bicyclic) bond motifs is 1. The van der Waals surface area contributed by atoms with Gasteiger partial charge < -0.3 is 14.4 Å². The second-order valence-electron chi connectivity index (χ2n) is 9.42. The van der Waals surface area contributed by atoms with E-state index in [1.54, 1.807) is 48.4 Å². The third kappa shape index (κ3) is 5.82. The van der Waals surface area contributed by atoms with Gasteiger partial charge in [-0.2, -0.15) is 0 Å². The van der Waals surface area contributed by atoms with Crippen molar-refractivity contribution in [2.75, 3.05) is 20.8 Å². The SMILES string of the molecule is CCCCCN(C(=O)c1ccc(OC)cc1OC)C(CC)c1nc2ccccc2c(=O)n1-c1ccc(F)c(Cl)c1. The van der Waals surface area contributed by atoms with Crippen LogP contribution in [0.4, 0.5) is 4.39 Å². The first-order chi connectivity index (χ1) is 19.3. The Balaban J connectivity index is 1.94. The molecule has 0 N–H and O–H groups in total. The van der Waals surface area contributed by atoms with Gasteiger partial charge in [0.2, 0.25) is 0 Å². The molecule has 0 aliphatic heterocycles. The van der Waals surface area contributed by atoms with Crippen molar-refractivity contribution in [3.05, 3.63) is 93.2 Å². The fourth-order valence-electron chi connectivity index (χ4n) is 4.85. The molecule has 1 atom stereocenters. The van der Waals surface area contributed by atoms with E-state index in [9.17, 15) is 14.0 Å². The lowest BCUT2D eigenvalue weighted by Crippen LogP contribution is -2.39. The minimum atomic E-state index is -0.594. The van der Waals surface area contributed by atoms with Crippen molar-refractivity contribution in [1.29, 1.82) is 0 Å². The molecule has 1 aromatic heterocycles. The summed E-state index contributed by atoms with van der Waals surface area (Å²) in [6.07, 6.45) is 3.12. The third-order valence-electron chi connectivity index (χ3n) is 6.93. The summed E-state index contributed by atoms with van der Waals surface area (Å²) in [6, 6.07) is 15.6. The van der Waals surface area contributed by atoms with Gasteiger partial charge in [0.1, 0.15) is 23.1 Å². The summed E-state index contributed by atoms with van der Waals surface area (Å²) in [5, 5.41) is 0.289. The average molecular weight is 566 g/mol. The smallest absolute Gasteiger partial charge is 0.266 e. The van der Waals surface area contributed by atoms with Crippen molar-refractivity contribution in [2.24, 2.45) is 0 Å². The van der Waals surface area contributed by atoms with Crippen LogP contribution in [0.3, 0.4) is 0 Å². The van der Waals surface area contributed by atoms with Gasteiger partial charge in [-0.1, -0.05) is 50.4 Å². The zero-order valence-electron chi connectivity index (χ0n) is 23.1. The number of hydrogen-bond donors (Lipinski definition) is 0. The molecular formula is C31H33ClFN3O4. The lowest BCUT2D eigenvalue weighted by atomic mass is 10.1. The van der Waals surface area contributed by atoms with Crippen LogP contribution in [-0.2, 0) is 0 Å². The van der Waals surface area contributed by atoms with Crippen LogP contribution in [0.15, 0.2) is 65.5 Å². The Morgan fingerprint density at radius 3 is 2.50 bits per heavy atom. The van der Waals surface area contributed by atoms with Gasteiger partial charge in [-0.15, -0.1) is 0 Å². The van der Waals surface area contributed by atoms with Crippen LogP contribution in [0.2, 0.25) is 5.02 Å². The molecule has 1 unspecified atom stereocenters. The largest absolute Gasteiger partial charge is 0.497 e. The van der Waals surface area contributed by atoms with E-state index in [0.29, 0.717) is 52.4 Å². The lowest BCUT2D eigenvalue weighted by molar-refractivity contribution is 0.0651. The predicted molar refractivity (Wildman–Crippen MR) is 155 cm³/mol. The number of para-hydroxylation sites is 1. The summed E-state index contributed by atoms with van der Waals surface area (Å²) in [4.78, 5) is 34.8. The molecule has 7 nitrogen and oxygen atoms in total. The highest BCUT2D eigenvalue weighted by molar-refractivity contribution is 6.30. The van der Waals surface area contributed by atoms with Gasteiger partial charge in [0.15, 0.2) is 0 Å². The molecule has 3 aromatic carbocycles. The Morgan fingerprint density at radius 2 is 1.82 bits per heavy atom. The molecular weight excluding hydrogens is 533 g/mol. The Kier molecular flexibility index (Phi) is 9.42. The Morgan fingerprint density at radius 1 is 1.05 bits per heavy atom. The van der Waals surface area contributed by atoms with Crippen LogP contribution in [0.5, 0.6) is 11.5 Å². The first-order valence-corrected chi connectivity index (χ1v) is 13.7. The summed E-state index contributed by atoms with van der Waals surface area (Å²) in [6.45, 7) is 4.48. The molecule has 1 heterocycles. The van der Waals surface area contributed by atoms with E-state index in [4.69, 9.17) is 26.1 Å². The minimum Gasteiger partial charge on any atom is -0.497 e. The first kappa shape index (κ1) is 29.1. The summed E-state index contributed by atoms with van der Waals surface area (Å²) in [5.41, 5.74) is 0.918. The topological polar surface area (TPSA) is 73.7 Å². The van der Waals surface area contributed by atoms with Crippen LogP contribution in [0.1, 0.15) is 61.8 Å². The van der Waals surface area contributed by atoms with Gasteiger partial charge in [0, 0.05) is 12.6 Å². The van der Waals surface area contributed by atoms with E-state index in [2.05, 4.69) is 6.92 Å². The molecule has 0 saturated carbocycles. The highest BCUT2D eigenvalue weighted by atomic mass is 35.5. The Labute approximate surface area is 238 Å². The fourth-order valence-corrected chi connectivity index (χ4v) is 5.03. The molecule has 0 aliphatic carbocycles. The van der Waals surface area contributed by atoms with Crippen LogP contribution < -0.4 is 15.0 Å². The van der Waals surface area contributed by atoms with Crippen molar-refractivity contribution in [3.63, 3.8) is 0 Å². The summed E-state index contributed by atoms with van der Waals surface area (Å²) >= 11 is 6.14. The summed E-state index contributed by atoms with van der Waals surface area (Å²) < 4.78 is 26.4. The average Bonchev–Trinajstić information content (AvgIpc) is 2.97. The maximum atomic E-state index is 14.2. The molecule has 40 heavy (non-hydrogen) atoms. The molecule has 0 aliphatic rings.